The molecule has 0 spiro atoms. The van der Waals surface area contributed by atoms with Crippen molar-refractivity contribution in [3.8, 4) is 0 Å². The molecule has 0 aromatic rings. The van der Waals surface area contributed by atoms with Gasteiger partial charge in [0, 0.05) is 26.1 Å². The van der Waals surface area contributed by atoms with Crippen molar-refractivity contribution in [1.82, 2.24) is 9.62 Å². The Morgan fingerprint density at radius 2 is 1.84 bits per heavy atom. The van der Waals surface area contributed by atoms with Gasteiger partial charge in [0.15, 0.2) is 0 Å². The fraction of sp³-hybridized carbons (Fsp3) is 0.923. The molecular weight excluding hydrogens is 264 g/mol. The first-order valence-electron chi connectivity index (χ1n) is 7.31. The second-order valence-electron chi connectivity index (χ2n) is 5.08. The van der Waals surface area contributed by atoms with Gasteiger partial charge in [-0.25, -0.2) is 12.7 Å². The Bertz CT molecular complexity index is 362. The van der Waals surface area contributed by atoms with Crippen molar-refractivity contribution in [1.29, 1.82) is 0 Å². The van der Waals surface area contributed by atoms with E-state index in [0.29, 0.717) is 19.6 Å². The van der Waals surface area contributed by atoms with E-state index in [1.165, 1.54) is 4.31 Å². The number of nitrogens with zero attached hydrogens (tertiary/aromatic N) is 1. The molecule has 5 nitrogen and oxygen atoms in total. The third-order valence-corrected chi connectivity index (χ3v) is 5.27. The monoisotopic (exact) mass is 290 g/mol. The smallest absolute Gasteiger partial charge is 0.221 e. The van der Waals surface area contributed by atoms with Gasteiger partial charge in [-0.1, -0.05) is 26.2 Å². The van der Waals surface area contributed by atoms with Gasteiger partial charge in [-0.3, -0.25) is 4.79 Å². The molecule has 0 bridgehead atoms. The third-order valence-electron chi connectivity index (χ3n) is 3.40. The minimum atomic E-state index is -3.24. The van der Waals surface area contributed by atoms with Crippen LogP contribution in [0.15, 0.2) is 0 Å². The molecule has 0 aromatic heterocycles. The topological polar surface area (TPSA) is 66.5 Å². The largest absolute Gasteiger partial charge is 0.356 e. The second-order valence-corrected chi connectivity index (χ2v) is 7.17. The molecule has 1 rings (SSSR count). The summed E-state index contributed by atoms with van der Waals surface area (Å²) < 4.78 is 25.6. The van der Waals surface area contributed by atoms with Crippen molar-refractivity contribution in [2.75, 3.05) is 25.4 Å². The maximum atomic E-state index is 12.0. The molecule has 0 aliphatic carbocycles. The van der Waals surface area contributed by atoms with E-state index in [9.17, 15) is 13.2 Å². The Morgan fingerprint density at radius 3 is 2.47 bits per heavy atom. The van der Waals surface area contributed by atoms with Gasteiger partial charge < -0.3 is 5.32 Å². The molecule has 6 heteroatoms. The molecular formula is C13H26N2O3S. The van der Waals surface area contributed by atoms with Gasteiger partial charge in [0.05, 0.1) is 5.75 Å². The van der Waals surface area contributed by atoms with Crippen molar-refractivity contribution >= 4 is 15.9 Å². The Labute approximate surface area is 116 Å². The summed E-state index contributed by atoms with van der Waals surface area (Å²) in [6, 6.07) is 0. The molecule has 1 N–H and O–H groups in total. The van der Waals surface area contributed by atoms with E-state index < -0.39 is 10.0 Å². The molecule has 0 unspecified atom stereocenters. The number of carbonyl (C=O) groups is 1. The highest BCUT2D eigenvalue weighted by molar-refractivity contribution is 7.89. The summed E-state index contributed by atoms with van der Waals surface area (Å²) in [4.78, 5) is 11.5. The van der Waals surface area contributed by atoms with E-state index in [-0.39, 0.29) is 18.1 Å². The minimum Gasteiger partial charge on any atom is -0.356 e. The van der Waals surface area contributed by atoms with Gasteiger partial charge in [-0.2, -0.15) is 0 Å². The highest BCUT2D eigenvalue weighted by Crippen LogP contribution is 2.13. The molecule has 19 heavy (non-hydrogen) atoms. The SMILES string of the molecule is CCCCCNC(=O)CCS(=O)(=O)N1CCCCC1. The summed E-state index contributed by atoms with van der Waals surface area (Å²) in [5.74, 6) is -0.219. The van der Waals surface area contributed by atoms with E-state index in [1.54, 1.807) is 0 Å². The number of unbranched alkanes of at least 4 members (excludes halogenated alkanes) is 2. The van der Waals surface area contributed by atoms with Gasteiger partial charge in [0.2, 0.25) is 15.9 Å². The molecule has 0 aromatic carbocycles. The molecule has 1 fully saturated rings. The summed E-state index contributed by atoms with van der Waals surface area (Å²) in [7, 11) is -3.24. The molecule has 1 amide bonds. The van der Waals surface area contributed by atoms with Crippen molar-refractivity contribution in [2.24, 2.45) is 0 Å². The van der Waals surface area contributed by atoms with Crippen LogP contribution in [-0.2, 0) is 14.8 Å². The summed E-state index contributed by atoms with van der Waals surface area (Å²) in [6.07, 6.45) is 6.20. The Morgan fingerprint density at radius 1 is 1.16 bits per heavy atom. The first-order chi connectivity index (χ1) is 9.06. The summed E-state index contributed by atoms with van der Waals surface area (Å²) in [5.41, 5.74) is 0. The van der Waals surface area contributed by atoms with Crippen LogP contribution in [0.2, 0.25) is 0 Å². The lowest BCUT2D eigenvalue weighted by molar-refractivity contribution is -0.120. The first-order valence-corrected chi connectivity index (χ1v) is 8.91. The number of piperidine rings is 1. The maximum absolute atomic E-state index is 12.0. The zero-order valence-electron chi connectivity index (χ0n) is 11.9. The Balaban J connectivity index is 2.24. The summed E-state index contributed by atoms with van der Waals surface area (Å²) in [5, 5.41) is 2.77. The van der Waals surface area contributed by atoms with E-state index in [4.69, 9.17) is 0 Å². The fourth-order valence-electron chi connectivity index (χ4n) is 2.19. The van der Waals surface area contributed by atoms with Crippen molar-refractivity contribution < 1.29 is 13.2 Å². The molecule has 0 saturated carbocycles. The van der Waals surface area contributed by atoms with Crippen LogP contribution in [0.5, 0.6) is 0 Å². The number of sulfonamides is 1. The zero-order valence-corrected chi connectivity index (χ0v) is 12.7. The van der Waals surface area contributed by atoms with Crippen LogP contribution in [0, 0.1) is 0 Å². The maximum Gasteiger partial charge on any atom is 0.221 e. The lowest BCUT2D eigenvalue weighted by Gasteiger charge is -2.25. The van der Waals surface area contributed by atoms with Crippen LogP contribution in [0.4, 0.5) is 0 Å². The van der Waals surface area contributed by atoms with Crippen molar-refractivity contribution in [3.63, 3.8) is 0 Å². The highest BCUT2D eigenvalue weighted by atomic mass is 32.2. The number of hydrogen-bond acceptors (Lipinski definition) is 3. The van der Waals surface area contributed by atoms with Crippen LogP contribution in [0.1, 0.15) is 51.9 Å². The number of carbonyl (C=O) groups excluding carboxylic acids is 1. The number of rotatable bonds is 8. The first kappa shape index (κ1) is 16.4. The Kier molecular flexibility index (Phi) is 7.38. The second kappa shape index (κ2) is 8.53. The predicted octanol–water partition coefficient (Wildman–Crippen LogP) is 1.50. The molecule has 1 saturated heterocycles. The normalized spacial score (nSPS) is 17.3. The van der Waals surface area contributed by atoms with Crippen LogP contribution < -0.4 is 5.32 Å². The summed E-state index contributed by atoms with van der Waals surface area (Å²) >= 11 is 0. The molecule has 1 aliphatic heterocycles. The minimum absolute atomic E-state index is 0.0629. The van der Waals surface area contributed by atoms with Crippen molar-refractivity contribution in [3.05, 3.63) is 0 Å². The van der Waals surface area contributed by atoms with Crippen LogP contribution in [0.25, 0.3) is 0 Å². The van der Waals surface area contributed by atoms with E-state index in [2.05, 4.69) is 12.2 Å². The van der Waals surface area contributed by atoms with Crippen LogP contribution in [-0.4, -0.2) is 44.0 Å². The lowest BCUT2D eigenvalue weighted by atomic mass is 10.2. The van der Waals surface area contributed by atoms with Crippen LogP contribution >= 0.6 is 0 Å². The third kappa shape index (κ3) is 6.38. The molecule has 1 aliphatic rings. The van der Waals surface area contributed by atoms with Gasteiger partial charge in [0.25, 0.3) is 0 Å². The van der Waals surface area contributed by atoms with E-state index in [1.807, 2.05) is 0 Å². The van der Waals surface area contributed by atoms with Gasteiger partial charge in [0.1, 0.15) is 0 Å². The fourth-order valence-corrected chi connectivity index (χ4v) is 3.70. The quantitative estimate of drug-likeness (QED) is 0.689. The van der Waals surface area contributed by atoms with Gasteiger partial charge in [-0.05, 0) is 19.3 Å². The summed E-state index contributed by atoms with van der Waals surface area (Å²) in [6.45, 7) is 3.98. The van der Waals surface area contributed by atoms with E-state index >= 15 is 0 Å². The van der Waals surface area contributed by atoms with E-state index in [0.717, 1.165) is 38.5 Å². The molecule has 0 radical (unpaired) electrons. The highest BCUT2D eigenvalue weighted by Gasteiger charge is 2.24. The van der Waals surface area contributed by atoms with Crippen molar-refractivity contribution in [2.45, 2.75) is 51.9 Å². The van der Waals surface area contributed by atoms with Gasteiger partial charge >= 0.3 is 0 Å². The average Bonchev–Trinajstić information content (AvgIpc) is 2.42. The average molecular weight is 290 g/mol. The Hall–Kier alpha value is -0.620. The van der Waals surface area contributed by atoms with Gasteiger partial charge in [-0.15, -0.1) is 0 Å². The molecule has 0 atom stereocenters. The molecule has 1 heterocycles. The number of amides is 1. The van der Waals surface area contributed by atoms with Crippen LogP contribution in [0.3, 0.4) is 0 Å². The number of hydrogen-bond donors (Lipinski definition) is 1. The lowest BCUT2D eigenvalue weighted by Crippen LogP contribution is -2.38. The molecule has 112 valence electrons. The standard InChI is InChI=1S/C13H26N2O3S/c1-2-3-5-9-14-13(16)8-12-19(17,18)15-10-6-4-7-11-15/h2-12H2,1H3,(H,14,16). The predicted molar refractivity (Wildman–Crippen MR) is 76.4 cm³/mol. The zero-order chi connectivity index (χ0) is 14.1. The number of nitrogens with one attached hydrogen (secondary N) is 1.